The van der Waals surface area contributed by atoms with Crippen LogP contribution in [0.15, 0.2) is 97.6 Å². The van der Waals surface area contributed by atoms with E-state index in [-0.39, 0.29) is 39.7 Å². The Hall–Kier alpha value is -8.75. The SMILES string of the molecule is COc1cc(F)c([N+](=O)[O-])cc1N.COc1cc(F)c([N+](=O)[O-])cc1Nc1ncc(C#N)c(-c2cn(C3CC3)c3ccccc23)n1.N#Cc1cnc(Cl)nc1-c1cn(C2CC2)c2ccccc12. The standard InChI is InChI=1S/C23H17FN6O3.C16H11ClN4.C7H7FN2O3/c1-33-21-8-17(24)20(30(31)32)9-18(21)27-23-26-11-13(10-25)22(28-23)16-12-29(14-6-7-14)19-5-3-2-4-15(16)19;17-16-19-8-10(7-18)15(20-16)13-9-21(11-5-6-11)14-4-2-1-3-12(13)14;1-13-7-2-4(8)6(10(11)12)3-5(7)9/h2-5,8-9,11-12,14H,6-7H2,1H3,(H,26,27,28);1-4,8-9,11H,5-6H2;2-3H,9H2,1H3. The van der Waals surface area contributed by atoms with Crippen molar-refractivity contribution in [3.05, 3.63) is 146 Å². The number of hydrogen-bond donors (Lipinski definition) is 2. The number of aromatic nitrogens is 6. The summed E-state index contributed by atoms with van der Waals surface area (Å²) in [6.45, 7) is 0. The van der Waals surface area contributed by atoms with Gasteiger partial charge in [0.05, 0.1) is 70.3 Å². The molecule has 2 saturated carbocycles. The van der Waals surface area contributed by atoms with Crippen molar-refractivity contribution in [2.75, 3.05) is 25.3 Å². The topological polar surface area (TPSA) is 252 Å². The molecule has 21 heteroatoms. The van der Waals surface area contributed by atoms with E-state index in [1.807, 2.05) is 42.6 Å². The molecule has 2 aliphatic rings. The first-order valence-corrected chi connectivity index (χ1v) is 20.7. The second kappa shape index (κ2) is 18.8. The summed E-state index contributed by atoms with van der Waals surface area (Å²) in [5.41, 5.74) is 9.88. The van der Waals surface area contributed by atoms with Gasteiger partial charge in [-0.05, 0) is 49.4 Å². The maximum Gasteiger partial charge on any atom is 0.307 e. The number of rotatable bonds is 10. The number of nitrogen functional groups attached to an aromatic ring is 1. The molecule has 336 valence electrons. The summed E-state index contributed by atoms with van der Waals surface area (Å²) >= 11 is 5.92. The molecule has 0 spiro atoms. The van der Waals surface area contributed by atoms with Gasteiger partial charge in [0, 0.05) is 81.7 Å². The van der Waals surface area contributed by atoms with E-state index in [0.29, 0.717) is 29.0 Å². The predicted molar refractivity (Wildman–Crippen MR) is 244 cm³/mol. The van der Waals surface area contributed by atoms with E-state index in [1.54, 1.807) is 0 Å². The van der Waals surface area contributed by atoms with Gasteiger partial charge in [0.1, 0.15) is 23.6 Å². The van der Waals surface area contributed by atoms with Gasteiger partial charge >= 0.3 is 11.4 Å². The zero-order valence-electron chi connectivity index (χ0n) is 35.4. The molecule has 0 amide bonds. The molecule has 18 nitrogen and oxygen atoms in total. The van der Waals surface area contributed by atoms with Gasteiger partial charge in [-0.2, -0.15) is 19.3 Å². The first kappa shape index (κ1) is 44.8. The summed E-state index contributed by atoms with van der Waals surface area (Å²) in [6, 6.07) is 25.1. The van der Waals surface area contributed by atoms with E-state index in [9.17, 15) is 39.5 Å². The molecule has 10 rings (SSSR count). The molecule has 67 heavy (non-hydrogen) atoms. The van der Waals surface area contributed by atoms with Gasteiger partial charge in [0.2, 0.25) is 22.9 Å². The Kier molecular flexibility index (Phi) is 12.6. The number of hydrogen-bond acceptors (Lipinski definition) is 14. The van der Waals surface area contributed by atoms with E-state index < -0.39 is 32.9 Å². The van der Waals surface area contributed by atoms with Crippen molar-refractivity contribution in [1.29, 1.82) is 10.5 Å². The fraction of sp³-hybridized carbons (Fsp3) is 0.174. The molecule has 2 aliphatic carbocycles. The maximum atomic E-state index is 14.0. The van der Waals surface area contributed by atoms with Gasteiger partial charge in [0.25, 0.3) is 0 Å². The fourth-order valence-corrected chi connectivity index (χ4v) is 7.55. The number of fused-ring (bicyclic) bond motifs is 2. The monoisotopic (exact) mass is 924 g/mol. The summed E-state index contributed by atoms with van der Waals surface area (Å²) in [6.07, 6.45) is 11.6. The minimum Gasteiger partial charge on any atom is -0.494 e. The van der Waals surface area contributed by atoms with E-state index in [0.717, 1.165) is 64.5 Å². The molecule has 4 aromatic carbocycles. The average molecular weight is 925 g/mol. The van der Waals surface area contributed by atoms with E-state index in [4.69, 9.17) is 22.1 Å². The Morgan fingerprint density at radius 1 is 0.746 bits per heavy atom. The Bertz CT molecular complexity index is 3340. The van der Waals surface area contributed by atoms with Gasteiger partial charge in [-0.25, -0.2) is 19.9 Å². The molecule has 2 fully saturated rings. The summed E-state index contributed by atoms with van der Waals surface area (Å²) in [5.74, 6) is -1.75. The van der Waals surface area contributed by atoms with Crippen LogP contribution in [0.2, 0.25) is 5.28 Å². The normalized spacial score (nSPS) is 12.8. The van der Waals surface area contributed by atoms with Crippen LogP contribution >= 0.6 is 11.6 Å². The first-order chi connectivity index (χ1) is 32.3. The second-order valence-electron chi connectivity index (χ2n) is 15.2. The molecule has 0 saturated heterocycles. The summed E-state index contributed by atoms with van der Waals surface area (Å²) < 4.78 is 41.2. The fourth-order valence-electron chi connectivity index (χ4n) is 7.42. The first-order valence-electron chi connectivity index (χ1n) is 20.3. The smallest absolute Gasteiger partial charge is 0.307 e. The van der Waals surface area contributed by atoms with Gasteiger partial charge in [0.15, 0.2) is 0 Å². The van der Waals surface area contributed by atoms with Crippen molar-refractivity contribution in [2.45, 2.75) is 37.8 Å². The van der Waals surface area contributed by atoms with Crippen LogP contribution in [0.25, 0.3) is 44.3 Å². The lowest BCUT2D eigenvalue weighted by Crippen LogP contribution is -2.03. The van der Waals surface area contributed by atoms with Crippen LogP contribution in [-0.2, 0) is 0 Å². The quantitative estimate of drug-likeness (QED) is 0.0560. The highest BCUT2D eigenvalue weighted by molar-refractivity contribution is 6.28. The number of nitrogens with two attached hydrogens (primary N) is 1. The molecule has 8 aromatic rings. The third-order valence-corrected chi connectivity index (χ3v) is 11.1. The van der Waals surface area contributed by atoms with Crippen molar-refractivity contribution < 1.29 is 28.1 Å². The van der Waals surface area contributed by atoms with Gasteiger partial charge in [-0.3, -0.25) is 20.2 Å². The maximum absolute atomic E-state index is 14.0. The van der Waals surface area contributed by atoms with Gasteiger partial charge < -0.3 is 29.7 Å². The largest absolute Gasteiger partial charge is 0.494 e. The molecule has 3 N–H and O–H groups in total. The Morgan fingerprint density at radius 2 is 1.22 bits per heavy atom. The number of benzene rings is 4. The molecule has 0 radical (unpaired) electrons. The highest BCUT2D eigenvalue weighted by atomic mass is 35.5. The van der Waals surface area contributed by atoms with E-state index in [1.165, 1.54) is 45.0 Å². The van der Waals surface area contributed by atoms with Crippen LogP contribution < -0.4 is 20.5 Å². The van der Waals surface area contributed by atoms with E-state index in [2.05, 4.69) is 69.6 Å². The molecule has 4 aromatic heterocycles. The number of nitrogens with one attached hydrogen (secondary N) is 1. The highest BCUT2D eigenvalue weighted by Gasteiger charge is 2.29. The van der Waals surface area contributed by atoms with Gasteiger partial charge in [-0.15, -0.1) is 0 Å². The van der Waals surface area contributed by atoms with E-state index >= 15 is 0 Å². The lowest BCUT2D eigenvalue weighted by molar-refractivity contribution is -0.387. The minimum absolute atomic E-state index is 0.0376. The number of para-hydroxylation sites is 2. The van der Waals surface area contributed by atoms with Crippen LogP contribution in [-0.4, -0.2) is 53.1 Å². The van der Waals surface area contributed by atoms with Crippen LogP contribution in [0.1, 0.15) is 48.9 Å². The van der Waals surface area contributed by atoms with Crippen molar-refractivity contribution >= 4 is 62.1 Å². The lowest BCUT2D eigenvalue weighted by atomic mass is 10.1. The molecule has 0 aliphatic heterocycles. The third kappa shape index (κ3) is 9.28. The summed E-state index contributed by atoms with van der Waals surface area (Å²) in [4.78, 5) is 36.6. The predicted octanol–water partition coefficient (Wildman–Crippen LogP) is 10.4. The van der Waals surface area contributed by atoms with Gasteiger partial charge in [-0.1, -0.05) is 36.4 Å². The van der Waals surface area contributed by atoms with Crippen molar-refractivity contribution in [3.8, 4) is 46.2 Å². The zero-order chi connectivity index (χ0) is 47.5. The molecule has 0 unspecified atom stereocenters. The molecule has 4 heterocycles. The number of nitriles is 2. The molecule has 0 atom stereocenters. The number of halogens is 3. The second-order valence-corrected chi connectivity index (χ2v) is 15.5. The Labute approximate surface area is 383 Å². The summed E-state index contributed by atoms with van der Waals surface area (Å²) in [7, 11) is 2.63. The summed E-state index contributed by atoms with van der Waals surface area (Å²) in [5, 5.41) is 45.4. The van der Waals surface area contributed by atoms with Crippen LogP contribution in [0.4, 0.5) is 37.5 Å². The van der Waals surface area contributed by atoms with Crippen LogP contribution in [0, 0.1) is 54.5 Å². The third-order valence-electron chi connectivity index (χ3n) is 10.9. The Balaban J connectivity index is 0.000000152. The molecular formula is C46H35ClF2N12O6. The number of ether oxygens (including phenoxy) is 2. The average Bonchev–Trinajstić information content (AvgIpc) is 4.28. The van der Waals surface area contributed by atoms with Crippen molar-refractivity contribution in [3.63, 3.8) is 0 Å². The number of nitro benzene ring substituents is 2. The number of nitro groups is 2. The molecule has 0 bridgehead atoms. The van der Waals surface area contributed by atoms with Crippen LogP contribution in [0.5, 0.6) is 11.5 Å². The Morgan fingerprint density at radius 3 is 1.72 bits per heavy atom. The lowest BCUT2D eigenvalue weighted by Gasteiger charge is -2.11. The van der Waals surface area contributed by atoms with Crippen LogP contribution in [0.3, 0.4) is 0 Å². The number of nitrogens with zero attached hydrogens (tertiary/aromatic N) is 10. The number of methoxy groups -OCH3 is 2. The molecular weight excluding hydrogens is 890 g/mol. The highest BCUT2D eigenvalue weighted by Crippen LogP contribution is 2.43. The minimum atomic E-state index is -1.02. The van der Waals surface area contributed by atoms with Crippen molar-refractivity contribution in [1.82, 2.24) is 29.1 Å². The van der Waals surface area contributed by atoms with Crippen molar-refractivity contribution in [2.24, 2.45) is 0 Å². The zero-order valence-corrected chi connectivity index (χ0v) is 36.1. The number of anilines is 3.